The molecule has 0 N–H and O–H groups in total. The van der Waals surface area contributed by atoms with E-state index in [-0.39, 0.29) is 0 Å². The molecule has 22 aromatic rings. The standard InChI is InChI=1S/2C50H30O/c1-4-18-36-31(13-1)27-28-44-49-43(25-12-26-46(49)51-50(36)44)48-41-23-9-7-21-39(41)47(40-22-8-10-24-42(40)48)34-16-11-15-32(29-34)45-30-33-14-2-3-17-35(33)37-19-5-6-20-38(37)45;1-3-16-35-31(12-1)26-28-39-36(22-10-23-38(35)39)33-14-9-15-34(30-33)47-40-18-5-7-20-42(40)48(43-21-8-6-19-41(43)47)44-24-11-25-46-49(44)45-29-27-32-13-2-4-17-37(32)50(45)51-46/h2*1-30H/i2*1D,2D,3D,4D,5D,6D,7D,8D,9D,10D,11D,12D,13D,14D,15D,16D,17D,18D,19D,20D,21D,22D,23D,24D,25D,26D,27D,28D,29D,30D. The van der Waals surface area contributed by atoms with Gasteiger partial charge in [0.2, 0.25) is 0 Å². The van der Waals surface area contributed by atoms with Crippen molar-refractivity contribution in [3.8, 4) is 66.8 Å². The van der Waals surface area contributed by atoms with Gasteiger partial charge in [0.05, 0.1) is 82.2 Å². The Labute approximate surface area is 671 Å². The smallest absolute Gasteiger partial charge is 0.143 e. The van der Waals surface area contributed by atoms with Gasteiger partial charge in [-0.25, -0.2) is 0 Å². The highest BCUT2D eigenvalue weighted by Crippen LogP contribution is 2.51. The molecule has 2 heteroatoms. The average Bonchev–Trinajstić information content (AvgIpc) is 1.21. The number of furan rings is 2. The SMILES string of the molecule is [2H]c1c([2H])c(-c2c3c([2H])c([2H])c([2H])c([2H])c3c(-c3c([2H])c([2H])c([2H])c4oc5c6c([2H])c([2H])c([2H])c([2H])c6c([2H])c([2H])c5c34)c3c([2H])c([2H])c([2H])c([2H])c23)c([2H])c(-c2c([2H])c([2H])c([2H])c3c2c([2H])c([2H])c2c([2H])c([2H])c([2H])c([2H])c23)c1[2H].[2H]c1c([2H])c(-c2c3c([2H])c([2H])c([2H])c([2H])c3c(-c3c([2H])c([2H])c([2H])c4oc5c6c([2H])c([2H])c([2H])c([2H])c6c([2H])c([2H])c5c34)c3c([2H])c([2H])c([2H])c([2H])c23)c([2H])c(-c2c([2H])c3c([2H])c([2H])c([2H])c([2H])c3c3c([2H])c([2H])c([2H])c([2H])c23)c1[2H]. The van der Waals surface area contributed by atoms with Crippen LogP contribution >= 0.6 is 0 Å². The van der Waals surface area contributed by atoms with Crippen molar-refractivity contribution in [2.45, 2.75) is 0 Å². The largest absolute Gasteiger partial charge is 0.455 e. The Balaban J connectivity index is 0.000000186. The van der Waals surface area contributed by atoms with E-state index in [2.05, 4.69) is 0 Å². The highest BCUT2D eigenvalue weighted by molar-refractivity contribution is 6.30. The summed E-state index contributed by atoms with van der Waals surface area (Å²) in [6.45, 7) is 0. The van der Waals surface area contributed by atoms with Crippen LogP contribution in [0.3, 0.4) is 0 Å². The number of hydrogen-bond acceptors (Lipinski definition) is 2. The lowest BCUT2D eigenvalue weighted by molar-refractivity contribution is 0.672. The molecule has 0 aliphatic carbocycles. The van der Waals surface area contributed by atoms with Crippen LogP contribution in [0.25, 0.3) is 218 Å². The maximum absolute atomic E-state index is 10.1. The van der Waals surface area contributed by atoms with E-state index in [0.29, 0.717) is 0 Å². The monoisotopic (exact) mass is 1350 g/mol. The van der Waals surface area contributed by atoms with Gasteiger partial charge in [0.15, 0.2) is 0 Å². The summed E-state index contributed by atoms with van der Waals surface area (Å²) >= 11 is 0. The van der Waals surface area contributed by atoms with Crippen LogP contribution < -0.4 is 0 Å². The van der Waals surface area contributed by atoms with Crippen molar-refractivity contribution in [1.82, 2.24) is 0 Å². The molecule has 0 saturated heterocycles. The maximum Gasteiger partial charge on any atom is 0.143 e. The van der Waals surface area contributed by atoms with Crippen molar-refractivity contribution in [2.24, 2.45) is 0 Å². The Hall–Kier alpha value is -13.4. The minimum absolute atomic E-state index is 0.482. The van der Waals surface area contributed by atoms with E-state index in [9.17, 15) is 32.9 Å². The summed E-state index contributed by atoms with van der Waals surface area (Å²) in [5.74, 6) is 0. The molecule has 472 valence electrons. The van der Waals surface area contributed by atoms with Gasteiger partial charge in [-0.2, -0.15) is 0 Å². The third-order valence-corrected chi connectivity index (χ3v) is 17.2. The van der Waals surface area contributed by atoms with Crippen LogP contribution in [-0.2, 0) is 0 Å². The van der Waals surface area contributed by atoms with E-state index in [0.717, 1.165) is 0 Å². The summed E-state index contributed by atoms with van der Waals surface area (Å²) < 4.78 is 559. The topological polar surface area (TPSA) is 26.3 Å². The highest BCUT2D eigenvalue weighted by Gasteiger charge is 2.25. The molecular formula is C100H60O2. The zero-order valence-electron chi connectivity index (χ0n) is 111. The van der Waals surface area contributed by atoms with Gasteiger partial charge in [0.25, 0.3) is 0 Å². The third-order valence-electron chi connectivity index (χ3n) is 17.2. The molecule has 0 atom stereocenters. The predicted molar refractivity (Wildman–Crippen MR) is 435 cm³/mol. The predicted octanol–water partition coefficient (Wildman–Crippen LogP) is 28.7. The molecule has 0 bridgehead atoms. The van der Waals surface area contributed by atoms with E-state index in [4.69, 9.17) is 58.2 Å². The van der Waals surface area contributed by atoms with E-state index in [1.807, 2.05) is 0 Å². The maximum atomic E-state index is 10.1. The van der Waals surface area contributed by atoms with Crippen LogP contribution in [0, 0.1) is 0 Å². The van der Waals surface area contributed by atoms with Crippen molar-refractivity contribution < 1.29 is 91.1 Å². The Bertz CT molecular complexity index is 10900. The van der Waals surface area contributed by atoms with Crippen LogP contribution in [0.1, 0.15) is 82.2 Å². The second-order valence-electron chi connectivity index (χ2n) is 22.5. The average molecular weight is 1350 g/mol. The molecule has 0 amide bonds. The molecule has 2 aromatic heterocycles. The second kappa shape index (κ2) is 23.1. The van der Waals surface area contributed by atoms with E-state index < -0.39 is 581 Å². The normalized spacial score (nSPS) is 20.2. The highest BCUT2D eigenvalue weighted by atomic mass is 16.3. The van der Waals surface area contributed by atoms with E-state index in [1.54, 1.807) is 0 Å². The fourth-order valence-corrected chi connectivity index (χ4v) is 13.0. The van der Waals surface area contributed by atoms with E-state index in [1.165, 1.54) is 0 Å². The van der Waals surface area contributed by atoms with Crippen molar-refractivity contribution in [1.29, 1.82) is 0 Å². The quantitative estimate of drug-likeness (QED) is 0.123. The number of benzene rings is 20. The van der Waals surface area contributed by atoms with Gasteiger partial charge in [0, 0.05) is 32.3 Å². The van der Waals surface area contributed by atoms with Gasteiger partial charge < -0.3 is 8.83 Å². The van der Waals surface area contributed by atoms with Gasteiger partial charge in [-0.05, 0) is 206 Å². The van der Waals surface area contributed by atoms with Gasteiger partial charge in [-0.3, -0.25) is 0 Å². The van der Waals surface area contributed by atoms with Gasteiger partial charge >= 0.3 is 0 Å². The fourth-order valence-electron chi connectivity index (χ4n) is 13.0. The molecule has 0 radical (unpaired) electrons. The fraction of sp³-hybridized carbons (Fsp3) is 0. The molecule has 2 nitrogen and oxygen atoms in total. The first-order valence-corrected chi connectivity index (χ1v) is 30.3. The Kier molecular flexibility index (Phi) is 5.42. The minimum Gasteiger partial charge on any atom is -0.455 e. The van der Waals surface area contributed by atoms with Crippen molar-refractivity contribution in [2.75, 3.05) is 0 Å². The molecule has 0 spiro atoms. The van der Waals surface area contributed by atoms with Gasteiger partial charge in [-0.1, -0.05) is 320 Å². The molecule has 2 heterocycles. The Morgan fingerprint density at radius 3 is 0.922 bits per heavy atom. The summed E-state index contributed by atoms with van der Waals surface area (Å²) in [4.78, 5) is 0. The number of rotatable bonds is 6. The van der Waals surface area contributed by atoms with Crippen LogP contribution in [0.4, 0.5) is 0 Å². The van der Waals surface area contributed by atoms with E-state index >= 15 is 0 Å². The summed E-state index contributed by atoms with van der Waals surface area (Å²) in [5.41, 5.74) is -12.5. The Morgan fingerprint density at radius 1 is 0.167 bits per heavy atom. The van der Waals surface area contributed by atoms with Crippen LogP contribution in [0.15, 0.2) is 371 Å². The summed E-state index contributed by atoms with van der Waals surface area (Å²) in [7, 11) is 0. The number of fused-ring (bicyclic) bond motifs is 20. The lowest BCUT2D eigenvalue weighted by atomic mass is 9.84. The second-order valence-corrected chi connectivity index (χ2v) is 22.5. The van der Waals surface area contributed by atoms with Gasteiger partial charge in [0.1, 0.15) is 22.3 Å². The van der Waals surface area contributed by atoms with Crippen LogP contribution in [0.5, 0.6) is 0 Å². The molecule has 20 aromatic carbocycles. The molecule has 0 saturated carbocycles. The molecule has 0 fully saturated rings. The van der Waals surface area contributed by atoms with Crippen molar-refractivity contribution in [3.63, 3.8) is 0 Å². The molecular weight excluding hydrogens is 1230 g/mol. The first kappa shape index (κ1) is 23.9. The first-order chi connectivity index (χ1) is 75.6. The molecule has 0 unspecified atom stereocenters. The van der Waals surface area contributed by atoms with Crippen LogP contribution in [0.2, 0.25) is 0 Å². The molecule has 22 rings (SSSR count). The van der Waals surface area contributed by atoms with Crippen molar-refractivity contribution >= 4 is 152 Å². The summed E-state index contributed by atoms with van der Waals surface area (Å²) in [6, 6.07) is -57.4. The summed E-state index contributed by atoms with van der Waals surface area (Å²) in [6.07, 6.45) is 0. The Morgan fingerprint density at radius 2 is 0.461 bits per heavy atom. The van der Waals surface area contributed by atoms with Gasteiger partial charge in [-0.15, -0.1) is 0 Å². The molecule has 102 heavy (non-hydrogen) atoms. The number of hydrogen-bond donors (Lipinski definition) is 0. The van der Waals surface area contributed by atoms with Crippen LogP contribution in [-0.4, -0.2) is 0 Å². The first-order valence-electron chi connectivity index (χ1n) is 60.3. The lowest BCUT2D eigenvalue weighted by Crippen LogP contribution is -1.92. The lowest BCUT2D eigenvalue weighted by Gasteiger charge is -2.19. The summed E-state index contributed by atoms with van der Waals surface area (Å²) in [5, 5.41) is -15.6. The third kappa shape index (κ3) is 8.93. The molecule has 0 aliphatic heterocycles. The zero-order valence-corrected chi connectivity index (χ0v) is 50.8. The molecule has 0 aliphatic rings. The van der Waals surface area contributed by atoms with Crippen molar-refractivity contribution in [3.05, 3.63) is 363 Å². The minimum atomic E-state index is -1.15. The zero-order chi connectivity index (χ0) is 119.